The molecule has 0 aliphatic carbocycles. The first-order chi connectivity index (χ1) is 14.2. The second kappa shape index (κ2) is 10.3. The molecule has 1 saturated heterocycles. The third-order valence-corrected chi connectivity index (χ3v) is 4.80. The van der Waals surface area contributed by atoms with Gasteiger partial charge in [-0.2, -0.15) is 0 Å². The summed E-state index contributed by atoms with van der Waals surface area (Å²) in [5, 5.41) is 6.18. The first-order valence-electron chi connectivity index (χ1n) is 9.65. The molecule has 0 atom stereocenters. The van der Waals surface area contributed by atoms with Gasteiger partial charge < -0.3 is 15.6 Å². The van der Waals surface area contributed by atoms with E-state index in [2.05, 4.69) is 30.5 Å². The quantitative estimate of drug-likeness (QED) is 0.558. The number of H-pyrrole nitrogens is 1. The van der Waals surface area contributed by atoms with E-state index < -0.39 is 0 Å². The molecule has 3 aromatic rings. The fourth-order valence-corrected chi connectivity index (χ4v) is 3.36. The van der Waals surface area contributed by atoms with Crippen LogP contribution in [0, 0.1) is 5.82 Å². The van der Waals surface area contributed by atoms with Crippen molar-refractivity contribution in [1.29, 1.82) is 0 Å². The SMILES string of the molecule is Cl.O=C(CN1CCNCC1)NCc1nc(-c2cccc(F)c2)c(-c2ccccn2)[nH]1. The van der Waals surface area contributed by atoms with Crippen LogP contribution in [-0.4, -0.2) is 58.5 Å². The summed E-state index contributed by atoms with van der Waals surface area (Å²) in [5.74, 6) is 0.219. The van der Waals surface area contributed by atoms with Crippen molar-refractivity contribution in [1.82, 2.24) is 30.5 Å². The molecule has 9 heteroatoms. The van der Waals surface area contributed by atoms with Crippen molar-refractivity contribution < 1.29 is 9.18 Å². The number of imidazole rings is 1. The summed E-state index contributed by atoms with van der Waals surface area (Å²) in [6.45, 7) is 4.15. The van der Waals surface area contributed by atoms with Crippen LogP contribution in [0.5, 0.6) is 0 Å². The van der Waals surface area contributed by atoms with Gasteiger partial charge in [0.2, 0.25) is 5.91 Å². The number of aromatic nitrogens is 3. The van der Waals surface area contributed by atoms with Gasteiger partial charge in [0.1, 0.15) is 11.6 Å². The highest BCUT2D eigenvalue weighted by atomic mass is 35.5. The largest absolute Gasteiger partial charge is 0.348 e. The minimum Gasteiger partial charge on any atom is -0.348 e. The van der Waals surface area contributed by atoms with E-state index in [-0.39, 0.29) is 30.7 Å². The Balaban J connectivity index is 0.00000256. The summed E-state index contributed by atoms with van der Waals surface area (Å²) in [6, 6.07) is 11.9. The summed E-state index contributed by atoms with van der Waals surface area (Å²) in [5.41, 5.74) is 2.66. The summed E-state index contributed by atoms with van der Waals surface area (Å²) in [7, 11) is 0. The number of nitrogens with zero attached hydrogens (tertiary/aromatic N) is 3. The predicted octanol–water partition coefficient (Wildman–Crippen LogP) is 2.22. The van der Waals surface area contributed by atoms with Gasteiger partial charge in [-0.05, 0) is 24.3 Å². The van der Waals surface area contributed by atoms with Crippen LogP contribution in [0.4, 0.5) is 4.39 Å². The molecule has 1 aliphatic rings. The molecular weight excluding hydrogens is 407 g/mol. The number of hydrogen-bond acceptors (Lipinski definition) is 5. The van der Waals surface area contributed by atoms with E-state index in [0.29, 0.717) is 35.0 Å². The monoisotopic (exact) mass is 430 g/mol. The average molecular weight is 431 g/mol. The molecule has 4 rings (SSSR count). The van der Waals surface area contributed by atoms with Crippen LogP contribution in [0.25, 0.3) is 22.6 Å². The molecule has 2 aromatic heterocycles. The molecule has 30 heavy (non-hydrogen) atoms. The van der Waals surface area contributed by atoms with Gasteiger partial charge in [0, 0.05) is 37.9 Å². The number of benzene rings is 1. The van der Waals surface area contributed by atoms with Crippen LogP contribution in [0.3, 0.4) is 0 Å². The van der Waals surface area contributed by atoms with E-state index in [1.165, 1.54) is 12.1 Å². The van der Waals surface area contributed by atoms with E-state index in [0.717, 1.165) is 26.2 Å². The van der Waals surface area contributed by atoms with Crippen LogP contribution in [0.15, 0.2) is 48.7 Å². The molecule has 158 valence electrons. The number of amides is 1. The lowest BCUT2D eigenvalue weighted by molar-refractivity contribution is -0.122. The molecule has 0 bridgehead atoms. The summed E-state index contributed by atoms with van der Waals surface area (Å²) < 4.78 is 13.8. The van der Waals surface area contributed by atoms with Gasteiger partial charge in [-0.25, -0.2) is 9.37 Å². The highest BCUT2D eigenvalue weighted by Crippen LogP contribution is 2.29. The number of hydrogen-bond donors (Lipinski definition) is 3. The molecule has 1 aliphatic heterocycles. The Morgan fingerprint density at radius 1 is 1.17 bits per heavy atom. The van der Waals surface area contributed by atoms with Crippen molar-refractivity contribution in [3.05, 3.63) is 60.3 Å². The third-order valence-electron chi connectivity index (χ3n) is 4.80. The Morgan fingerprint density at radius 2 is 2.00 bits per heavy atom. The van der Waals surface area contributed by atoms with Crippen LogP contribution in [0.1, 0.15) is 5.82 Å². The first kappa shape index (κ1) is 21.9. The molecule has 3 heterocycles. The van der Waals surface area contributed by atoms with Crippen molar-refractivity contribution in [2.24, 2.45) is 0 Å². The van der Waals surface area contributed by atoms with Gasteiger partial charge in [0.15, 0.2) is 0 Å². The predicted molar refractivity (Wildman–Crippen MR) is 116 cm³/mol. The third kappa shape index (κ3) is 5.41. The fraction of sp³-hybridized carbons (Fsp3) is 0.286. The summed E-state index contributed by atoms with van der Waals surface area (Å²) >= 11 is 0. The Bertz CT molecular complexity index is 975. The van der Waals surface area contributed by atoms with Crippen molar-refractivity contribution in [2.75, 3.05) is 32.7 Å². The zero-order valence-corrected chi connectivity index (χ0v) is 17.2. The standard InChI is InChI=1S/C21H23FN6O.ClH/c22-16-5-3-4-15(12-16)20-21(17-6-1-2-7-24-17)27-18(26-20)13-25-19(29)14-28-10-8-23-9-11-28;/h1-7,12,23H,8-11,13-14H2,(H,25,29)(H,26,27);1H. The molecule has 0 saturated carbocycles. The molecule has 0 radical (unpaired) electrons. The van der Waals surface area contributed by atoms with E-state index in [1.54, 1.807) is 18.3 Å². The Hall–Kier alpha value is -2.81. The van der Waals surface area contributed by atoms with Crippen molar-refractivity contribution in [3.63, 3.8) is 0 Å². The van der Waals surface area contributed by atoms with Crippen molar-refractivity contribution in [3.8, 4) is 22.6 Å². The molecule has 1 amide bonds. The Kier molecular flexibility index (Phi) is 7.51. The maximum absolute atomic E-state index is 13.8. The van der Waals surface area contributed by atoms with Gasteiger partial charge in [-0.1, -0.05) is 18.2 Å². The molecular formula is C21H24ClFN6O. The second-order valence-corrected chi connectivity index (χ2v) is 6.94. The van der Waals surface area contributed by atoms with Gasteiger partial charge in [0.05, 0.1) is 30.2 Å². The highest BCUT2D eigenvalue weighted by Gasteiger charge is 2.17. The van der Waals surface area contributed by atoms with E-state index in [4.69, 9.17) is 0 Å². The van der Waals surface area contributed by atoms with Gasteiger partial charge >= 0.3 is 0 Å². The van der Waals surface area contributed by atoms with Gasteiger partial charge in [-0.3, -0.25) is 14.7 Å². The smallest absolute Gasteiger partial charge is 0.234 e. The molecule has 7 nitrogen and oxygen atoms in total. The lowest BCUT2D eigenvalue weighted by Crippen LogP contribution is -2.47. The first-order valence-corrected chi connectivity index (χ1v) is 9.65. The number of carbonyl (C=O) groups is 1. The van der Waals surface area contributed by atoms with Crippen LogP contribution < -0.4 is 10.6 Å². The van der Waals surface area contributed by atoms with Crippen molar-refractivity contribution >= 4 is 18.3 Å². The maximum atomic E-state index is 13.8. The second-order valence-electron chi connectivity index (χ2n) is 6.94. The van der Waals surface area contributed by atoms with Crippen LogP contribution in [-0.2, 0) is 11.3 Å². The Labute approximate surface area is 180 Å². The van der Waals surface area contributed by atoms with Crippen LogP contribution in [0.2, 0.25) is 0 Å². The summed E-state index contributed by atoms with van der Waals surface area (Å²) in [4.78, 5) is 26.6. The molecule has 1 aromatic carbocycles. The number of pyridine rings is 1. The lowest BCUT2D eigenvalue weighted by atomic mass is 10.1. The number of aromatic amines is 1. The van der Waals surface area contributed by atoms with Crippen molar-refractivity contribution in [2.45, 2.75) is 6.54 Å². The Morgan fingerprint density at radius 3 is 2.73 bits per heavy atom. The fourth-order valence-electron chi connectivity index (χ4n) is 3.36. The minimum absolute atomic E-state index is 0. The number of carbonyl (C=O) groups excluding carboxylic acids is 1. The lowest BCUT2D eigenvalue weighted by Gasteiger charge is -2.26. The van der Waals surface area contributed by atoms with Gasteiger partial charge in [-0.15, -0.1) is 12.4 Å². The number of rotatable bonds is 6. The molecule has 0 spiro atoms. The van der Waals surface area contributed by atoms with Gasteiger partial charge in [0.25, 0.3) is 0 Å². The molecule has 1 fully saturated rings. The normalized spacial score (nSPS) is 14.2. The van der Waals surface area contributed by atoms with E-state index >= 15 is 0 Å². The number of piperazine rings is 1. The highest BCUT2D eigenvalue weighted by molar-refractivity contribution is 5.85. The van der Waals surface area contributed by atoms with E-state index in [1.807, 2.05) is 18.2 Å². The van der Waals surface area contributed by atoms with Crippen LogP contribution >= 0.6 is 12.4 Å². The zero-order chi connectivity index (χ0) is 20.1. The number of halogens is 2. The molecule has 3 N–H and O–H groups in total. The summed E-state index contributed by atoms with van der Waals surface area (Å²) in [6.07, 6.45) is 1.69. The minimum atomic E-state index is -0.330. The average Bonchev–Trinajstić information content (AvgIpc) is 3.18. The topological polar surface area (TPSA) is 85.9 Å². The maximum Gasteiger partial charge on any atom is 0.234 e. The molecule has 0 unspecified atom stereocenters. The number of nitrogens with one attached hydrogen (secondary N) is 3. The zero-order valence-electron chi connectivity index (χ0n) is 16.4. The van der Waals surface area contributed by atoms with E-state index in [9.17, 15) is 9.18 Å².